The van der Waals surface area contributed by atoms with Crippen LogP contribution in [0.15, 0.2) is 78.9 Å². The molecule has 0 aliphatic rings. The van der Waals surface area contributed by atoms with Gasteiger partial charge in [-0.05, 0) is 98.2 Å². The maximum Gasteiger partial charge on any atom is 0.310 e. The van der Waals surface area contributed by atoms with E-state index in [1.165, 1.54) is 5.56 Å². The number of thioether (sulfide) groups is 1. The number of pyridine rings is 1. The number of aryl methyl sites for hydroxylation is 1. The van der Waals surface area contributed by atoms with Crippen LogP contribution in [-0.2, 0) is 11.2 Å². The van der Waals surface area contributed by atoms with Gasteiger partial charge in [0.05, 0.1) is 22.7 Å². The number of nitrogens with zero attached hydrogens (tertiary/aromatic N) is 1. The van der Waals surface area contributed by atoms with E-state index in [1.54, 1.807) is 0 Å². The molecule has 4 aromatic rings. The molecule has 2 N–H and O–H groups in total. The summed E-state index contributed by atoms with van der Waals surface area (Å²) in [5.74, 6) is -0.328. The summed E-state index contributed by atoms with van der Waals surface area (Å²) < 4.78 is 0. The molecule has 6 heteroatoms. The van der Waals surface area contributed by atoms with Crippen LogP contribution in [0.5, 0.6) is 0 Å². The number of carboxylic acids is 1. The van der Waals surface area contributed by atoms with Crippen LogP contribution >= 0.6 is 23.4 Å². The highest BCUT2D eigenvalue weighted by Crippen LogP contribution is 2.36. The molecule has 0 aliphatic carbocycles. The summed E-state index contributed by atoms with van der Waals surface area (Å²) in [6, 6.07) is 26.4. The predicted octanol–water partition coefficient (Wildman–Crippen LogP) is 9.59. The molecule has 3 aromatic carbocycles. The van der Waals surface area contributed by atoms with Crippen LogP contribution in [-0.4, -0.2) is 32.5 Å². The highest BCUT2D eigenvalue weighted by atomic mass is 35.5. The number of benzene rings is 3. The van der Waals surface area contributed by atoms with E-state index in [0.717, 1.165) is 64.7 Å². The number of hydrogen-bond donors (Lipinski definition) is 2. The Morgan fingerprint density at radius 2 is 1.81 bits per heavy atom. The molecule has 0 saturated carbocycles. The van der Waals surface area contributed by atoms with Crippen LogP contribution < -0.4 is 0 Å². The highest BCUT2D eigenvalue weighted by molar-refractivity contribution is 7.99. The van der Waals surface area contributed by atoms with E-state index in [-0.39, 0.29) is 5.25 Å². The number of carbonyl (C=O) groups is 1. The van der Waals surface area contributed by atoms with Crippen molar-refractivity contribution in [2.75, 3.05) is 5.75 Å². The fraction of sp³-hybridized carbons (Fsp3) is 0.333. The summed E-state index contributed by atoms with van der Waals surface area (Å²) in [5.41, 5.74) is 5.42. The normalized spacial score (nSPS) is 13.5. The van der Waals surface area contributed by atoms with Crippen molar-refractivity contribution in [1.29, 1.82) is 0 Å². The summed E-state index contributed by atoms with van der Waals surface area (Å²) >= 11 is 8.08. The van der Waals surface area contributed by atoms with Gasteiger partial charge in [-0.2, -0.15) is 11.8 Å². The van der Waals surface area contributed by atoms with Gasteiger partial charge in [0.25, 0.3) is 0 Å². The van der Waals surface area contributed by atoms with Crippen molar-refractivity contribution in [3.8, 4) is 0 Å². The van der Waals surface area contributed by atoms with Gasteiger partial charge in [0.15, 0.2) is 0 Å². The molecular weight excluding hydrogens is 562 g/mol. The van der Waals surface area contributed by atoms with E-state index < -0.39 is 17.5 Å². The SMILES string of the molecule is CC[C@H](C(=O)O)c1ccccc1CC[C@H](SCCCC(C)(C)O)c1cccc(C=Cc2ccc3ccc(Cl)cc3n2)c1. The molecular formula is C36H40ClNO3S. The average molecular weight is 602 g/mol. The number of halogens is 1. The predicted molar refractivity (Wildman–Crippen MR) is 178 cm³/mol. The summed E-state index contributed by atoms with van der Waals surface area (Å²) in [6.45, 7) is 5.64. The Hall–Kier alpha value is -3.12. The minimum Gasteiger partial charge on any atom is -0.481 e. The van der Waals surface area contributed by atoms with Crippen molar-refractivity contribution >= 4 is 52.4 Å². The topological polar surface area (TPSA) is 70.4 Å². The molecule has 2 atom stereocenters. The number of aliphatic hydroxyl groups is 1. The van der Waals surface area contributed by atoms with Crippen LogP contribution in [0, 0.1) is 0 Å². The third-order valence-electron chi connectivity index (χ3n) is 7.47. The maximum atomic E-state index is 11.9. The molecule has 4 rings (SSSR count). The summed E-state index contributed by atoms with van der Waals surface area (Å²) in [6.07, 6.45) is 8.04. The lowest BCUT2D eigenvalue weighted by Crippen LogP contribution is -2.18. The van der Waals surface area contributed by atoms with Crippen LogP contribution in [0.2, 0.25) is 5.02 Å². The van der Waals surface area contributed by atoms with E-state index in [1.807, 2.05) is 81.1 Å². The first-order valence-electron chi connectivity index (χ1n) is 14.6. The van der Waals surface area contributed by atoms with Crippen molar-refractivity contribution in [3.63, 3.8) is 0 Å². The molecule has 0 unspecified atom stereocenters. The fourth-order valence-corrected chi connectivity index (χ4v) is 6.62. The van der Waals surface area contributed by atoms with Gasteiger partial charge in [0.1, 0.15) is 0 Å². The Bertz CT molecular complexity index is 1530. The summed E-state index contributed by atoms with van der Waals surface area (Å²) in [4.78, 5) is 16.7. The van der Waals surface area contributed by atoms with Gasteiger partial charge in [0.2, 0.25) is 0 Å². The minimum absolute atomic E-state index is 0.235. The second kappa shape index (κ2) is 14.9. The van der Waals surface area contributed by atoms with Crippen LogP contribution in [0.25, 0.3) is 23.1 Å². The maximum absolute atomic E-state index is 11.9. The molecule has 0 radical (unpaired) electrons. The molecule has 0 saturated heterocycles. The monoisotopic (exact) mass is 601 g/mol. The molecule has 42 heavy (non-hydrogen) atoms. The smallest absolute Gasteiger partial charge is 0.310 e. The standard InChI is InChI=1S/C36H40ClNO3S/c1-4-31(35(39)40)32-12-6-5-10-26(32)16-20-34(42-22-8-21-36(2,3)41)28-11-7-9-25(23-28)13-18-30-19-15-27-14-17-29(37)24-33(27)38-30/h5-7,9-15,17-19,23-24,31,34,41H,4,8,16,20-22H2,1-3H3,(H,39,40)/t31-,34-/m0/s1. The molecule has 0 spiro atoms. The molecule has 1 aromatic heterocycles. The van der Waals surface area contributed by atoms with E-state index >= 15 is 0 Å². The molecule has 220 valence electrons. The van der Waals surface area contributed by atoms with E-state index in [2.05, 4.69) is 42.5 Å². The van der Waals surface area contributed by atoms with E-state index in [9.17, 15) is 15.0 Å². The molecule has 0 bridgehead atoms. The molecule has 0 amide bonds. The lowest BCUT2D eigenvalue weighted by Gasteiger charge is -2.21. The number of hydrogen-bond acceptors (Lipinski definition) is 4. The summed E-state index contributed by atoms with van der Waals surface area (Å²) in [5, 5.41) is 22.0. The van der Waals surface area contributed by atoms with Crippen molar-refractivity contribution in [2.24, 2.45) is 0 Å². The van der Waals surface area contributed by atoms with Crippen molar-refractivity contribution in [1.82, 2.24) is 4.98 Å². The van der Waals surface area contributed by atoms with Gasteiger partial charge < -0.3 is 10.2 Å². The van der Waals surface area contributed by atoms with Crippen LogP contribution in [0.4, 0.5) is 0 Å². The lowest BCUT2D eigenvalue weighted by molar-refractivity contribution is -0.138. The van der Waals surface area contributed by atoms with E-state index in [4.69, 9.17) is 16.6 Å². The number of fused-ring (bicyclic) bond motifs is 1. The van der Waals surface area contributed by atoms with Gasteiger partial charge >= 0.3 is 5.97 Å². The number of aliphatic carboxylic acids is 1. The van der Waals surface area contributed by atoms with Gasteiger partial charge in [-0.1, -0.05) is 85.3 Å². The van der Waals surface area contributed by atoms with Gasteiger partial charge in [0, 0.05) is 15.7 Å². The number of carboxylic acid groups (broad SMARTS) is 1. The first-order chi connectivity index (χ1) is 20.1. The Morgan fingerprint density at radius 1 is 1.02 bits per heavy atom. The van der Waals surface area contributed by atoms with Gasteiger partial charge in [-0.25, -0.2) is 4.98 Å². The van der Waals surface area contributed by atoms with Gasteiger partial charge in [-0.15, -0.1) is 0 Å². The quantitative estimate of drug-likeness (QED) is 0.141. The average Bonchev–Trinajstić information content (AvgIpc) is 2.96. The van der Waals surface area contributed by atoms with Crippen molar-refractivity contribution in [2.45, 2.75) is 69.6 Å². The largest absolute Gasteiger partial charge is 0.481 e. The second-order valence-corrected chi connectivity index (χ2v) is 13.1. The van der Waals surface area contributed by atoms with Crippen molar-refractivity contribution in [3.05, 3.63) is 112 Å². The Labute approximate surface area is 258 Å². The van der Waals surface area contributed by atoms with Gasteiger partial charge in [-0.3, -0.25) is 4.79 Å². The number of rotatable bonds is 14. The fourth-order valence-electron chi connectivity index (χ4n) is 5.24. The zero-order valence-corrected chi connectivity index (χ0v) is 26.2. The Balaban J connectivity index is 1.54. The van der Waals surface area contributed by atoms with Crippen LogP contribution in [0.1, 0.15) is 85.6 Å². The molecule has 0 fully saturated rings. The zero-order chi connectivity index (χ0) is 30.1. The third-order valence-corrected chi connectivity index (χ3v) is 9.14. The highest BCUT2D eigenvalue weighted by Gasteiger charge is 2.22. The Kier molecular flexibility index (Phi) is 11.3. The van der Waals surface area contributed by atoms with Crippen LogP contribution in [0.3, 0.4) is 0 Å². The lowest BCUT2D eigenvalue weighted by atomic mass is 9.89. The first-order valence-corrected chi connectivity index (χ1v) is 16.0. The zero-order valence-electron chi connectivity index (χ0n) is 24.6. The molecule has 1 heterocycles. The third kappa shape index (κ3) is 9.19. The van der Waals surface area contributed by atoms with Crippen molar-refractivity contribution < 1.29 is 15.0 Å². The minimum atomic E-state index is -0.772. The second-order valence-electron chi connectivity index (χ2n) is 11.4. The number of aromatic nitrogens is 1. The molecule has 4 nitrogen and oxygen atoms in total. The van der Waals surface area contributed by atoms with E-state index in [0.29, 0.717) is 11.4 Å². The Morgan fingerprint density at radius 3 is 2.57 bits per heavy atom. The summed E-state index contributed by atoms with van der Waals surface area (Å²) in [7, 11) is 0. The first kappa shape index (κ1) is 31.8. The molecule has 0 aliphatic heterocycles.